The van der Waals surface area contributed by atoms with Crippen LogP contribution < -0.4 is 20.3 Å². The highest BCUT2D eigenvalue weighted by molar-refractivity contribution is 6.43. The quantitative estimate of drug-likeness (QED) is 0.816. The van der Waals surface area contributed by atoms with Crippen molar-refractivity contribution in [1.82, 2.24) is 4.98 Å². The zero-order chi connectivity index (χ0) is 18.5. The van der Waals surface area contributed by atoms with Crippen molar-refractivity contribution in [3.63, 3.8) is 0 Å². The number of hydrogen-bond acceptors (Lipinski definition) is 5. The number of ether oxygens (including phenoxy) is 1. The third-order valence-corrected chi connectivity index (χ3v) is 3.93. The van der Waals surface area contributed by atoms with Crippen LogP contribution in [0, 0.1) is 0 Å². The Balaban J connectivity index is 1.70. The summed E-state index contributed by atoms with van der Waals surface area (Å²) in [6, 6.07) is 8.17. The minimum Gasteiger partial charge on any atom is -0.494 e. The van der Waals surface area contributed by atoms with Gasteiger partial charge in [-0.3, -0.25) is 19.4 Å². The molecule has 134 valence electrons. The number of hydrogen-bond donors (Lipinski definition) is 2. The van der Waals surface area contributed by atoms with Gasteiger partial charge < -0.3 is 20.3 Å². The number of anilines is 3. The molecule has 8 heteroatoms. The van der Waals surface area contributed by atoms with Gasteiger partial charge in [0.05, 0.1) is 24.7 Å². The fraction of sp³-hybridized carbons (Fsp3) is 0.222. The Bertz CT molecular complexity index is 838. The maximum atomic E-state index is 12.1. The lowest BCUT2D eigenvalue weighted by Gasteiger charge is -2.19. The Morgan fingerprint density at radius 1 is 1.15 bits per heavy atom. The summed E-state index contributed by atoms with van der Waals surface area (Å²) in [5, 5.41) is 4.97. The summed E-state index contributed by atoms with van der Waals surface area (Å²) >= 11 is 0. The van der Waals surface area contributed by atoms with Crippen LogP contribution in [0.5, 0.6) is 5.75 Å². The summed E-state index contributed by atoms with van der Waals surface area (Å²) < 4.78 is 5.33. The van der Waals surface area contributed by atoms with Gasteiger partial charge in [-0.25, -0.2) is 0 Å². The average molecular weight is 354 g/mol. The molecule has 2 N–H and O–H groups in total. The van der Waals surface area contributed by atoms with Crippen molar-refractivity contribution in [1.29, 1.82) is 0 Å². The SMILES string of the molecule is COc1cc(NC(=O)C(=O)Nc2cccnc2)ccc1N1CCCC1=O. The van der Waals surface area contributed by atoms with Gasteiger partial charge in [0.25, 0.3) is 0 Å². The molecule has 2 heterocycles. The Hall–Kier alpha value is -3.42. The van der Waals surface area contributed by atoms with Crippen LogP contribution >= 0.6 is 0 Å². The lowest BCUT2D eigenvalue weighted by atomic mass is 10.2. The molecule has 0 aliphatic carbocycles. The van der Waals surface area contributed by atoms with Crippen molar-refractivity contribution in [3.05, 3.63) is 42.7 Å². The summed E-state index contributed by atoms with van der Waals surface area (Å²) in [6.45, 7) is 0.633. The van der Waals surface area contributed by atoms with E-state index >= 15 is 0 Å². The second kappa shape index (κ2) is 7.64. The highest BCUT2D eigenvalue weighted by Gasteiger charge is 2.25. The highest BCUT2D eigenvalue weighted by atomic mass is 16.5. The lowest BCUT2D eigenvalue weighted by Crippen LogP contribution is -2.29. The van der Waals surface area contributed by atoms with E-state index in [1.165, 1.54) is 13.3 Å². The van der Waals surface area contributed by atoms with Crippen molar-refractivity contribution < 1.29 is 19.1 Å². The van der Waals surface area contributed by atoms with Gasteiger partial charge in [-0.1, -0.05) is 0 Å². The van der Waals surface area contributed by atoms with E-state index in [-0.39, 0.29) is 5.91 Å². The van der Waals surface area contributed by atoms with E-state index in [1.54, 1.807) is 41.4 Å². The van der Waals surface area contributed by atoms with Gasteiger partial charge in [-0.15, -0.1) is 0 Å². The average Bonchev–Trinajstić information content (AvgIpc) is 3.08. The number of nitrogens with zero attached hydrogens (tertiary/aromatic N) is 2. The Morgan fingerprint density at radius 2 is 1.92 bits per heavy atom. The highest BCUT2D eigenvalue weighted by Crippen LogP contribution is 2.33. The largest absolute Gasteiger partial charge is 0.494 e. The zero-order valence-electron chi connectivity index (χ0n) is 14.2. The zero-order valence-corrected chi connectivity index (χ0v) is 14.2. The van der Waals surface area contributed by atoms with Crippen LogP contribution in [-0.2, 0) is 14.4 Å². The molecule has 26 heavy (non-hydrogen) atoms. The van der Waals surface area contributed by atoms with Crippen molar-refractivity contribution in [2.45, 2.75) is 12.8 Å². The predicted octanol–water partition coefficient (Wildman–Crippen LogP) is 1.79. The molecule has 1 aliphatic rings. The van der Waals surface area contributed by atoms with E-state index in [2.05, 4.69) is 15.6 Å². The molecule has 0 unspecified atom stereocenters. The molecular weight excluding hydrogens is 336 g/mol. The molecule has 0 atom stereocenters. The summed E-state index contributed by atoms with van der Waals surface area (Å²) in [6.07, 6.45) is 4.32. The second-order valence-corrected chi connectivity index (χ2v) is 5.69. The molecule has 1 fully saturated rings. The first-order chi connectivity index (χ1) is 12.6. The summed E-state index contributed by atoms with van der Waals surface area (Å²) in [5.74, 6) is -1.14. The number of rotatable bonds is 4. The number of pyridine rings is 1. The van der Waals surface area contributed by atoms with E-state index in [4.69, 9.17) is 4.74 Å². The Kier molecular flexibility index (Phi) is 5.12. The maximum absolute atomic E-state index is 12.1. The van der Waals surface area contributed by atoms with Crippen molar-refractivity contribution in [2.75, 3.05) is 29.2 Å². The molecule has 0 bridgehead atoms. The normalized spacial score (nSPS) is 13.4. The van der Waals surface area contributed by atoms with Crippen LogP contribution in [0.1, 0.15) is 12.8 Å². The Labute approximate surface area is 150 Å². The van der Waals surface area contributed by atoms with Gasteiger partial charge in [0.1, 0.15) is 5.75 Å². The first-order valence-corrected chi connectivity index (χ1v) is 8.09. The molecule has 1 aromatic carbocycles. The van der Waals surface area contributed by atoms with Gasteiger partial charge >= 0.3 is 11.8 Å². The van der Waals surface area contributed by atoms with Crippen LogP contribution in [0.15, 0.2) is 42.7 Å². The standard InChI is InChI=1S/C18H18N4O4/c1-26-15-10-12(6-7-14(15)22-9-3-5-16(22)23)20-17(24)18(25)21-13-4-2-8-19-11-13/h2,4,6-8,10-11H,3,5,9H2,1H3,(H,20,24)(H,21,25). The number of carbonyl (C=O) groups is 3. The monoisotopic (exact) mass is 354 g/mol. The van der Waals surface area contributed by atoms with Crippen LogP contribution in [0.2, 0.25) is 0 Å². The number of amides is 3. The second-order valence-electron chi connectivity index (χ2n) is 5.69. The summed E-state index contributed by atoms with van der Waals surface area (Å²) in [7, 11) is 1.49. The molecule has 0 saturated carbocycles. The fourth-order valence-corrected chi connectivity index (χ4v) is 2.69. The summed E-state index contributed by atoms with van der Waals surface area (Å²) in [4.78, 5) is 41.4. The van der Waals surface area contributed by atoms with Crippen LogP contribution in [0.25, 0.3) is 0 Å². The number of methoxy groups -OCH3 is 1. The topological polar surface area (TPSA) is 101 Å². The minimum atomic E-state index is -0.819. The molecule has 1 aliphatic heterocycles. The first kappa shape index (κ1) is 17.4. The fourth-order valence-electron chi connectivity index (χ4n) is 2.69. The van der Waals surface area contributed by atoms with Gasteiger partial charge in [-0.05, 0) is 30.7 Å². The van der Waals surface area contributed by atoms with Crippen molar-refractivity contribution >= 4 is 34.8 Å². The summed E-state index contributed by atoms with van der Waals surface area (Å²) in [5.41, 5.74) is 1.46. The van der Waals surface area contributed by atoms with E-state index in [0.29, 0.717) is 35.8 Å². The van der Waals surface area contributed by atoms with Gasteiger partial charge in [0.2, 0.25) is 5.91 Å². The van der Waals surface area contributed by atoms with Crippen LogP contribution in [0.4, 0.5) is 17.1 Å². The van der Waals surface area contributed by atoms with E-state index in [9.17, 15) is 14.4 Å². The van der Waals surface area contributed by atoms with E-state index in [1.807, 2.05) is 0 Å². The molecule has 3 rings (SSSR count). The molecule has 8 nitrogen and oxygen atoms in total. The third-order valence-electron chi connectivity index (χ3n) is 3.93. The maximum Gasteiger partial charge on any atom is 0.314 e. The van der Waals surface area contributed by atoms with Crippen LogP contribution in [-0.4, -0.2) is 36.4 Å². The van der Waals surface area contributed by atoms with Gasteiger partial charge in [-0.2, -0.15) is 0 Å². The van der Waals surface area contributed by atoms with E-state index < -0.39 is 11.8 Å². The Morgan fingerprint density at radius 3 is 2.54 bits per heavy atom. The van der Waals surface area contributed by atoms with Crippen molar-refractivity contribution in [3.8, 4) is 5.75 Å². The molecule has 1 aromatic heterocycles. The molecule has 0 spiro atoms. The third kappa shape index (κ3) is 3.80. The first-order valence-electron chi connectivity index (χ1n) is 8.09. The van der Waals surface area contributed by atoms with Gasteiger partial charge in [0, 0.05) is 30.9 Å². The number of aromatic nitrogens is 1. The molecule has 3 amide bonds. The predicted molar refractivity (Wildman–Crippen MR) is 96.1 cm³/mol. The molecule has 1 saturated heterocycles. The minimum absolute atomic E-state index is 0.0379. The molecule has 2 aromatic rings. The number of nitrogens with one attached hydrogen (secondary N) is 2. The van der Waals surface area contributed by atoms with Crippen molar-refractivity contribution in [2.24, 2.45) is 0 Å². The lowest BCUT2D eigenvalue weighted by molar-refractivity contribution is -0.133. The smallest absolute Gasteiger partial charge is 0.314 e. The van der Waals surface area contributed by atoms with Gasteiger partial charge in [0.15, 0.2) is 0 Å². The number of benzene rings is 1. The molecule has 0 radical (unpaired) electrons. The number of carbonyl (C=O) groups excluding carboxylic acids is 3. The molecular formula is C18H18N4O4. The van der Waals surface area contributed by atoms with E-state index in [0.717, 1.165) is 6.42 Å². The van der Waals surface area contributed by atoms with Crippen LogP contribution in [0.3, 0.4) is 0 Å².